The Morgan fingerprint density at radius 3 is 1.56 bits per heavy atom. The van der Waals surface area contributed by atoms with Gasteiger partial charge in [0.15, 0.2) is 0 Å². The van der Waals surface area contributed by atoms with E-state index in [4.69, 9.17) is 9.47 Å². The van der Waals surface area contributed by atoms with Crippen LogP contribution in [0.1, 0.15) is 41.0 Å². The third-order valence-electron chi connectivity index (χ3n) is 6.90. The van der Waals surface area contributed by atoms with E-state index in [0.717, 1.165) is 26.1 Å². The van der Waals surface area contributed by atoms with Gasteiger partial charge in [-0.15, -0.1) is 0 Å². The maximum atomic E-state index is 5.95. The lowest BCUT2D eigenvalue weighted by molar-refractivity contribution is 0.111. The molecule has 2 nitrogen and oxygen atoms in total. The molecular formula is C32H32O2. The number of rotatable bonds is 11. The van der Waals surface area contributed by atoms with Crippen molar-refractivity contribution in [2.45, 2.75) is 30.3 Å². The van der Waals surface area contributed by atoms with Crippen LogP contribution in [0.4, 0.5) is 0 Å². The van der Waals surface area contributed by atoms with E-state index in [-0.39, 0.29) is 11.3 Å². The molecule has 172 valence electrons. The molecule has 2 unspecified atom stereocenters. The summed E-state index contributed by atoms with van der Waals surface area (Å²) in [4.78, 5) is 0. The maximum Gasteiger partial charge on any atom is 0.104 e. The molecule has 4 aromatic carbocycles. The van der Waals surface area contributed by atoms with Crippen LogP contribution < -0.4 is 0 Å². The predicted octanol–water partition coefficient (Wildman–Crippen LogP) is 7.00. The molecule has 2 heteroatoms. The normalized spacial score (nSPS) is 16.2. The highest BCUT2D eigenvalue weighted by molar-refractivity contribution is 5.54. The molecule has 2 atom stereocenters. The molecule has 4 aromatic rings. The van der Waals surface area contributed by atoms with Crippen LogP contribution in [0.25, 0.3) is 0 Å². The fourth-order valence-corrected chi connectivity index (χ4v) is 5.29. The second-order valence-electron chi connectivity index (χ2n) is 9.04. The minimum absolute atomic E-state index is 0.238. The summed E-state index contributed by atoms with van der Waals surface area (Å²) in [6, 6.07) is 44.0. The Labute approximate surface area is 203 Å². The van der Waals surface area contributed by atoms with Gasteiger partial charge in [-0.3, -0.25) is 0 Å². The van der Waals surface area contributed by atoms with E-state index in [0.29, 0.717) is 12.7 Å². The van der Waals surface area contributed by atoms with E-state index in [1.807, 2.05) is 0 Å². The van der Waals surface area contributed by atoms with Crippen LogP contribution in [-0.4, -0.2) is 25.9 Å². The van der Waals surface area contributed by atoms with Crippen LogP contribution in [-0.2, 0) is 14.9 Å². The van der Waals surface area contributed by atoms with Crippen molar-refractivity contribution in [2.24, 2.45) is 0 Å². The molecule has 0 N–H and O–H groups in total. The second kappa shape index (κ2) is 10.8. The van der Waals surface area contributed by atoms with Gasteiger partial charge >= 0.3 is 0 Å². The Morgan fingerprint density at radius 1 is 0.676 bits per heavy atom. The monoisotopic (exact) mass is 448 g/mol. The van der Waals surface area contributed by atoms with Gasteiger partial charge in [0.25, 0.3) is 0 Å². The first kappa shape index (κ1) is 22.6. The summed E-state index contributed by atoms with van der Waals surface area (Å²) in [5.74, 6) is 0.238. The lowest BCUT2D eigenvalue weighted by Gasteiger charge is -2.43. The lowest BCUT2D eigenvalue weighted by atomic mass is 9.59. The maximum absolute atomic E-state index is 5.95. The van der Waals surface area contributed by atoms with E-state index < -0.39 is 0 Å². The fourth-order valence-electron chi connectivity index (χ4n) is 5.29. The zero-order chi connectivity index (χ0) is 23.1. The first-order valence-corrected chi connectivity index (χ1v) is 12.3. The minimum atomic E-state index is -0.329. The molecule has 1 heterocycles. The molecule has 0 aliphatic carbocycles. The molecule has 0 radical (unpaired) electrons. The van der Waals surface area contributed by atoms with E-state index in [1.54, 1.807) is 0 Å². The zero-order valence-electron chi connectivity index (χ0n) is 19.6. The van der Waals surface area contributed by atoms with Crippen molar-refractivity contribution in [2.75, 3.05) is 19.8 Å². The highest BCUT2D eigenvalue weighted by Crippen LogP contribution is 2.51. The van der Waals surface area contributed by atoms with Gasteiger partial charge in [-0.1, -0.05) is 121 Å². The van der Waals surface area contributed by atoms with Crippen LogP contribution >= 0.6 is 0 Å². The highest BCUT2D eigenvalue weighted by Gasteiger charge is 2.44. The van der Waals surface area contributed by atoms with Crippen molar-refractivity contribution in [3.8, 4) is 0 Å². The van der Waals surface area contributed by atoms with Gasteiger partial charge in [-0.05, 0) is 35.1 Å². The lowest BCUT2D eigenvalue weighted by Crippen LogP contribution is -2.37. The number of epoxide rings is 1. The van der Waals surface area contributed by atoms with Crippen molar-refractivity contribution in [1.82, 2.24) is 0 Å². The quantitative estimate of drug-likeness (QED) is 0.140. The minimum Gasteiger partial charge on any atom is -0.379 e. The molecule has 1 aliphatic rings. The summed E-state index contributed by atoms with van der Waals surface area (Å²) >= 11 is 0. The molecule has 0 spiro atoms. The predicted molar refractivity (Wildman–Crippen MR) is 138 cm³/mol. The van der Waals surface area contributed by atoms with Crippen molar-refractivity contribution in [1.29, 1.82) is 0 Å². The summed E-state index contributed by atoms with van der Waals surface area (Å²) in [7, 11) is 0. The third kappa shape index (κ3) is 4.84. The first-order valence-electron chi connectivity index (χ1n) is 12.3. The van der Waals surface area contributed by atoms with Crippen molar-refractivity contribution in [3.63, 3.8) is 0 Å². The van der Waals surface area contributed by atoms with E-state index in [1.165, 1.54) is 22.3 Å². The Bertz CT molecular complexity index is 1030. The SMILES string of the molecule is c1ccc(C(CCCOCC2CO2)C(c2ccccc2)(c2ccccc2)c2ccccc2)cc1. The van der Waals surface area contributed by atoms with Gasteiger partial charge in [-0.2, -0.15) is 0 Å². The molecule has 1 fully saturated rings. The summed E-state index contributed by atoms with van der Waals surface area (Å²) in [6.07, 6.45) is 2.30. The van der Waals surface area contributed by atoms with Gasteiger partial charge in [0.1, 0.15) is 6.10 Å². The van der Waals surface area contributed by atoms with E-state index in [9.17, 15) is 0 Å². The third-order valence-corrected chi connectivity index (χ3v) is 6.90. The Hall–Kier alpha value is -3.20. The summed E-state index contributed by atoms with van der Waals surface area (Å²) in [5.41, 5.74) is 4.96. The van der Waals surface area contributed by atoms with E-state index >= 15 is 0 Å². The van der Waals surface area contributed by atoms with Crippen LogP contribution in [0.15, 0.2) is 121 Å². The average molecular weight is 449 g/mol. The van der Waals surface area contributed by atoms with Crippen LogP contribution in [0.2, 0.25) is 0 Å². The molecule has 5 rings (SSSR count). The molecule has 0 aromatic heterocycles. The van der Waals surface area contributed by atoms with Crippen molar-refractivity contribution < 1.29 is 9.47 Å². The zero-order valence-corrected chi connectivity index (χ0v) is 19.6. The van der Waals surface area contributed by atoms with Crippen LogP contribution in [0.3, 0.4) is 0 Å². The van der Waals surface area contributed by atoms with Crippen molar-refractivity contribution >= 4 is 0 Å². The summed E-state index contributed by atoms with van der Waals surface area (Å²) in [5, 5.41) is 0. The largest absolute Gasteiger partial charge is 0.379 e. The smallest absolute Gasteiger partial charge is 0.104 e. The summed E-state index contributed by atoms with van der Waals surface area (Å²) < 4.78 is 11.3. The van der Waals surface area contributed by atoms with Crippen LogP contribution in [0.5, 0.6) is 0 Å². The van der Waals surface area contributed by atoms with Crippen molar-refractivity contribution in [3.05, 3.63) is 144 Å². The highest BCUT2D eigenvalue weighted by atomic mass is 16.6. The first-order chi connectivity index (χ1) is 16.9. The molecular weight excluding hydrogens is 416 g/mol. The molecule has 0 amide bonds. The number of hydrogen-bond donors (Lipinski definition) is 0. The Morgan fingerprint density at radius 2 is 1.12 bits per heavy atom. The number of hydrogen-bond acceptors (Lipinski definition) is 2. The van der Waals surface area contributed by atoms with Crippen LogP contribution in [0, 0.1) is 0 Å². The topological polar surface area (TPSA) is 21.8 Å². The van der Waals surface area contributed by atoms with Gasteiger partial charge in [-0.25, -0.2) is 0 Å². The number of ether oxygens (including phenoxy) is 2. The molecule has 0 bridgehead atoms. The Kier molecular flexibility index (Phi) is 7.19. The Balaban J connectivity index is 1.65. The van der Waals surface area contributed by atoms with E-state index in [2.05, 4.69) is 121 Å². The average Bonchev–Trinajstić information content (AvgIpc) is 3.75. The van der Waals surface area contributed by atoms with Gasteiger partial charge in [0, 0.05) is 12.5 Å². The molecule has 1 saturated heterocycles. The summed E-state index contributed by atoms with van der Waals surface area (Å²) in [6.45, 7) is 2.29. The molecule has 1 aliphatic heterocycles. The van der Waals surface area contributed by atoms with Gasteiger partial charge < -0.3 is 9.47 Å². The molecule has 34 heavy (non-hydrogen) atoms. The number of benzene rings is 4. The fraction of sp³-hybridized carbons (Fsp3) is 0.250. The molecule has 0 saturated carbocycles. The van der Waals surface area contributed by atoms with Gasteiger partial charge in [0.2, 0.25) is 0 Å². The second-order valence-corrected chi connectivity index (χ2v) is 9.04. The van der Waals surface area contributed by atoms with Gasteiger partial charge in [0.05, 0.1) is 18.6 Å². The standard InChI is InChI=1S/C32H32O2/c1-5-14-26(15-6-1)31(22-13-23-33-24-30-25-34-30)32(27-16-7-2-8-17-27,28-18-9-3-10-19-28)29-20-11-4-12-21-29/h1-12,14-21,30-31H,13,22-25H2.